The normalized spacial score (nSPS) is 12.6. The molecule has 96 valence electrons. The first-order chi connectivity index (χ1) is 8.69. The Balaban J connectivity index is 2.08. The molecule has 0 aliphatic carbocycles. The van der Waals surface area contributed by atoms with Crippen LogP contribution < -0.4 is 5.73 Å². The fourth-order valence-electron chi connectivity index (χ4n) is 1.45. The summed E-state index contributed by atoms with van der Waals surface area (Å²) in [5.41, 5.74) is 6.40. The summed E-state index contributed by atoms with van der Waals surface area (Å²) in [4.78, 5) is 8.32. The molecular weight excluding hydrogens is 256 g/mol. The highest BCUT2D eigenvalue weighted by Crippen LogP contribution is 2.15. The van der Waals surface area contributed by atoms with Crippen molar-refractivity contribution < 1.29 is 9.26 Å². The van der Waals surface area contributed by atoms with E-state index in [1.165, 1.54) is 6.20 Å². The molecule has 1 atom stereocenters. The molecule has 2 N–H and O–H groups in total. The molecule has 2 aromatic heterocycles. The predicted molar refractivity (Wildman–Crippen MR) is 66.1 cm³/mol. The van der Waals surface area contributed by atoms with E-state index < -0.39 is 0 Å². The van der Waals surface area contributed by atoms with Gasteiger partial charge in [-0.3, -0.25) is 4.98 Å². The van der Waals surface area contributed by atoms with Gasteiger partial charge in [0, 0.05) is 25.8 Å². The zero-order valence-corrected chi connectivity index (χ0v) is 10.6. The van der Waals surface area contributed by atoms with Gasteiger partial charge in [-0.05, 0) is 12.1 Å². The molecular formula is C11H13ClN4O2. The number of rotatable bonds is 5. The molecule has 0 aliphatic rings. The molecule has 0 bridgehead atoms. The molecule has 0 aromatic carbocycles. The van der Waals surface area contributed by atoms with Gasteiger partial charge in [-0.2, -0.15) is 4.98 Å². The average molecular weight is 269 g/mol. The molecule has 0 saturated heterocycles. The Morgan fingerprint density at radius 2 is 2.33 bits per heavy atom. The van der Waals surface area contributed by atoms with Crippen molar-refractivity contribution in [1.29, 1.82) is 0 Å². The lowest BCUT2D eigenvalue weighted by atomic mass is 10.2. The van der Waals surface area contributed by atoms with E-state index in [2.05, 4.69) is 15.1 Å². The second-order valence-corrected chi connectivity index (χ2v) is 4.23. The molecule has 7 heteroatoms. The minimum atomic E-state index is -0.165. The number of hydrogen-bond donors (Lipinski definition) is 1. The van der Waals surface area contributed by atoms with Crippen molar-refractivity contribution in [2.75, 3.05) is 13.7 Å². The molecule has 0 radical (unpaired) electrons. The van der Waals surface area contributed by atoms with Gasteiger partial charge in [-0.1, -0.05) is 16.8 Å². The van der Waals surface area contributed by atoms with Gasteiger partial charge in [0.2, 0.25) is 11.7 Å². The topological polar surface area (TPSA) is 87.1 Å². The predicted octanol–water partition coefficient (Wildman–Crippen LogP) is 1.30. The second kappa shape index (κ2) is 5.90. The molecule has 0 saturated carbocycles. The Morgan fingerprint density at radius 1 is 1.50 bits per heavy atom. The van der Waals surface area contributed by atoms with Crippen molar-refractivity contribution in [3.05, 3.63) is 29.2 Å². The van der Waals surface area contributed by atoms with Crippen molar-refractivity contribution >= 4 is 11.6 Å². The van der Waals surface area contributed by atoms with Gasteiger partial charge in [-0.15, -0.1) is 0 Å². The summed E-state index contributed by atoms with van der Waals surface area (Å²) in [5, 5.41) is 4.40. The van der Waals surface area contributed by atoms with Gasteiger partial charge < -0.3 is 15.0 Å². The largest absolute Gasteiger partial charge is 0.383 e. The van der Waals surface area contributed by atoms with Gasteiger partial charge in [0.05, 0.1) is 11.6 Å². The first kappa shape index (κ1) is 12.9. The van der Waals surface area contributed by atoms with Crippen LogP contribution in [0.5, 0.6) is 0 Å². The number of nitrogens with two attached hydrogens (primary N) is 1. The molecule has 18 heavy (non-hydrogen) atoms. The van der Waals surface area contributed by atoms with E-state index in [0.29, 0.717) is 35.5 Å². The Hall–Kier alpha value is -1.50. The summed E-state index contributed by atoms with van der Waals surface area (Å²) in [6, 6.07) is 3.28. The van der Waals surface area contributed by atoms with Crippen molar-refractivity contribution in [2.45, 2.75) is 12.5 Å². The smallest absolute Gasteiger partial charge is 0.228 e. The minimum Gasteiger partial charge on any atom is -0.383 e. The van der Waals surface area contributed by atoms with Crippen LogP contribution >= 0.6 is 11.6 Å². The standard InChI is InChI=1S/C11H13ClN4O2/c1-17-6-8(13)4-10-15-11(16-18-10)9-3-2-7(12)5-14-9/h2-3,5,8H,4,6,13H2,1H3. The van der Waals surface area contributed by atoms with Crippen LogP contribution in [0, 0.1) is 0 Å². The van der Waals surface area contributed by atoms with Crippen molar-refractivity contribution in [3.63, 3.8) is 0 Å². The lowest BCUT2D eigenvalue weighted by molar-refractivity contribution is 0.176. The fourth-order valence-corrected chi connectivity index (χ4v) is 1.56. The number of halogens is 1. The zero-order chi connectivity index (χ0) is 13.0. The van der Waals surface area contributed by atoms with Crippen LogP contribution in [0.1, 0.15) is 5.89 Å². The first-order valence-corrected chi connectivity index (χ1v) is 5.76. The van der Waals surface area contributed by atoms with Gasteiger partial charge >= 0.3 is 0 Å². The van der Waals surface area contributed by atoms with Gasteiger partial charge in [-0.25, -0.2) is 0 Å². The number of ether oxygens (including phenoxy) is 1. The number of methoxy groups -OCH3 is 1. The highest BCUT2D eigenvalue weighted by Gasteiger charge is 2.12. The van der Waals surface area contributed by atoms with Crippen LogP contribution in [0.25, 0.3) is 11.5 Å². The highest BCUT2D eigenvalue weighted by atomic mass is 35.5. The zero-order valence-electron chi connectivity index (χ0n) is 9.84. The van der Waals surface area contributed by atoms with Gasteiger partial charge in [0.15, 0.2) is 0 Å². The third-order valence-electron chi connectivity index (χ3n) is 2.24. The molecule has 2 rings (SSSR count). The van der Waals surface area contributed by atoms with E-state index in [1.54, 1.807) is 19.2 Å². The number of pyridine rings is 1. The summed E-state index contributed by atoms with van der Waals surface area (Å²) in [6.07, 6.45) is 2.00. The van der Waals surface area contributed by atoms with E-state index in [0.717, 1.165) is 0 Å². The number of aromatic nitrogens is 3. The SMILES string of the molecule is COCC(N)Cc1nc(-c2ccc(Cl)cn2)no1. The molecule has 0 amide bonds. The van der Waals surface area contributed by atoms with Crippen LogP contribution in [0.2, 0.25) is 5.02 Å². The van der Waals surface area contributed by atoms with Crippen LogP contribution in [-0.4, -0.2) is 34.9 Å². The van der Waals surface area contributed by atoms with Crippen molar-refractivity contribution in [2.24, 2.45) is 5.73 Å². The molecule has 6 nitrogen and oxygen atoms in total. The number of hydrogen-bond acceptors (Lipinski definition) is 6. The molecule has 2 heterocycles. The molecule has 0 fully saturated rings. The van der Waals surface area contributed by atoms with Gasteiger partial charge in [0.25, 0.3) is 0 Å². The Bertz CT molecular complexity index is 500. The molecule has 0 aliphatic heterocycles. The second-order valence-electron chi connectivity index (χ2n) is 3.79. The third kappa shape index (κ3) is 3.25. The van der Waals surface area contributed by atoms with Crippen LogP contribution in [0.15, 0.2) is 22.9 Å². The Labute approximate surface area is 109 Å². The summed E-state index contributed by atoms with van der Waals surface area (Å²) in [5.74, 6) is 0.887. The lowest BCUT2D eigenvalue weighted by Crippen LogP contribution is -2.28. The molecule has 0 spiro atoms. The van der Waals surface area contributed by atoms with Crippen molar-refractivity contribution in [1.82, 2.24) is 15.1 Å². The monoisotopic (exact) mass is 268 g/mol. The lowest BCUT2D eigenvalue weighted by Gasteiger charge is -2.05. The summed E-state index contributed by atoms with van der Waals surface area (Å²) in [7, 11) is 1.59. The van der Waals surface area contributed by atoms with Crippen molar-refractivity contribution in [3.8, 4) is 11.5 Å². The minimum absolute atomic E-state index is 0.165. The van der Waals surface area contributed by atoms with E-state index in [9.17, 15) is 0 Å². The number of nitrogens with zero attached hydrogens (tertiary/aromatic N) is 3. The fraction of sp³-hybridized carbons (Fsp3) is 0.364. The molecule has 2 aromatic rings. The highest BCUT2D eigenvalue weighted by molar-refractivity contribution is 6.30. The van der Waals surface area contributed by atoms with E-state index in [4.69, 9.17) is 26.6 Å². The van der Waals surface area contributed by atoms with Crippen LogP contribution in [0.3, 0.4) is 0 Å². The van der Waals surface area contributed by atoms with E-state index in [-0.39, 0.29) is 6.04 Å². The maximum Gasteiger partial charge on any atom is 0.228 e. The van der Waals surface area contributed by atoms with Crippen LogP contribution in [-0.2, 0) is 11.2 Å². The average Bonchev–Trinajstić information content (AvgIpc) is 2.78. The van der Waals surface area contributed by atoms with E-state index >= 15 is 0 Å². The summed E-state index contributed by atoms with van der Waals surface area (Å²) < 4.78 is 10.0. The summed E-state index contributed by atoms with van der Waals surface area (Å²) >= 11 is 5.75. The third-order valence-corrected chi connectivity index (χ3v) is 2.47. The maximum atomic E-state index is 5.80. The Kier molecular flexibility index (Phi) is 4.24. The maximum absolute atomic E-state index is 5.80. The quantitative estimate of drug-likeness (QED) is 0.879. The molecule has 1 unspecified atom stereocenters. The van der Waals surface area contributed by atoms with Gasteiger partial charge in [0.1, 0.15) is 5.69 Å². The summed E-state index contributed by atoms with van der Waals surface area (Å²) in [6.45, 7) is 0.441. The Morgan fingerprint density at radius 3 is 3.00 bits per heavy atom. The van der Waals surface area contributed by atoms with Crippen LogP contribution in [0.4, 0.5) is 0 Å². The first-order valence-electron chi connectivity index (χ1n) is 5.38. The van der Waals surface area contributed by atoms with E-state index in [1.807, 2.05) is 0 Å².